The van der Waals surface area contributed by atoms with E-state index < -0.39 is 0 Å². The molecule has 1 aromatic carbocycles. The third-order valence-electron chi connectivity index (χ3n) is 5.23. The zero-order valence-electron chi connectivity index (χ0n) is 14.4. The van der Waals surface area contributed by atoms with Crippen molar-refractivity contribution in [2.75, 3.05) is 26.7 Å². The monoisotopic (exact) mass is 326 g/mol. The first kappa shape index (κ1) is 15.8. The highest BCUT2D eigenvalue weighted by molar-refractivity contribution is 5.15. The summed E-state index contributed by atoms with van der Waals surface area (Å²) in [6, 6.07) is 11.3. The van der Waals surface area contributed by atoms with Gasteiger partial charge in [0.05, 0.1) is 6.54 Å². The van der Waals surface area contributed by atoms with Crippen molar-refractivity contribution in [3.8, 4) is 0 Å². The van der Waals surface area contributed by atoms with Crippen LogP contribution in [0.3, 0.4) is 0 Å². The summed E-state index contributed by atoms with van der Waals surface area (Å²) in [7, 11) is 2.18. The minimum atomic E-state index is 0.538. The first-order chi connectivity index (χ1) is 11.8. The molecule has 5 nitrogen and oxygen atoms in total. The molecular formula is C19H26N4O. The Balaban J connectivity index is 1.24. The standard InChI is InChI=1S/C19H26N4O/c1-22(14-18-20-19(24-21-18)16-7-8-16)17-10-12-23(13-17)11-9-15-5-3-2-4-6-15/h2-6,16-17H,7-14H2,1H3. The van der Waals surface area contributed by atoms with E-state index in [4.69, 9.17) is 4.52 Å². The summed E-state index contributed by atoms with van der Waals surface area (Å²) < 4.78 is 5.36. The molecule has 2 aromatic rings. The largest absolute Gasteiger partial charge is 0.339 e. The normalized spacial score (nSPS) is 21.7. The van der Waals surface area contributed by atoms with E-state index >= 15 is 0 Å². The number of likely N-dealkylation sites (tertiary alicyclic amines) is 1. The number of rotatable bonds is 7. The second-order valence-electron chi connectivity index (χ2n) is 7.22. The van der Waals surface area contributed by atoms with E-state index in [2.05, 4.69) is 57.3 Å². The SMILES string of the molecule is CN(Cc1noc(C2CC2)n1)C1CCN(CCc2ccccc2)C1. The molecule has 1 saturated heterocycles. The molecule has 1 aromatic heterocycles. The molecule has 0 bridgehead atoms. The molecule has 1 unspecified atom stereocenters. The van der Waals surface area contributed by atoms with Gasteiger partial charge in [0.15, 0.2) is 5.82 Å². The van der Waals surface area contributed by atoms with Gasteiger partial charge in [-0.2, -0.15) is 4.98 Å². The molecule has 1 aliphatic carbocycles. The molecule has 5 heteroatoms. The predicted octanol–water partition coefficient (Wildman–Crippen LogP) is 2.70. The molecule has 0 radical (unpaired) electrons. The molecule has 2 heterocycles. The smallest absolute Gasteiger partial charge is 0.229 e. The third-order valence-corrected chi connectivity index (χ3v) is 5.23. The Morgan fingerprint density at radius 2 is 2.04 bits per heavy atom. The maximum atomic E-state index is 5.36. The van der Waals surface area contributed by atoms with Crippen molar-refractivity contribution in [3.05, 3.63) is 47.6 Å². The Bertz CT molecular complexity index is 652. The molecule has 128 valence electrons. The number of nitrogens with zero attached hydrogens (tertiary/aromatic N) is 4. The zero-order valence-corrected chi connectivity index (χ0v) is 14.4. The van der Waals surface area contributed by atoms with Gasteiger partial charge in [-0.1, -0.05) is 35.5 Å². The van der Waals surface area contributed by atoms with Gasteiger partial charge in [0.1, 0.15) is 0 Å². The summed E-state index contributed by atoms with van der Waals surface area (Å²) in [5, 5.41) is 4.14. The molecule has 2 fully saturated rings. The predicted molar refractivity (Wildman–Crippen MR) is 92.7 cm³/mol. The van der Waals surface area contributed by atoms with Gasteiger partial charge in [0.2, 0.25) is 5.89 Å². The van der Waals surface area contributed by atoms with Crippen LogP contribution in [0.1, 0.15) is 42.5 Å². The highest BCUT2D eigenvalue weighted by Gasteiger charge is 2.30. The van der Waals surface area contributed by atoms with Crippen molar-refractivity contribution >= 4 is 0 Å². The van der Waals surface area contributed by atoms with Crippen LogP contribution < -0.4 is 0 Å². The molecule has 1 aliphatic heterocycles. The number of hydrogen-bond acceptors (Lipinski definition) is 5. The first-order valence-corrected chi connectivity index (χ1v) is 9.07. The average molecular weight is 326 g/mol. The van der Waals surface area contributed by atoms with Crippen molar-refractivity contribution in [3.63, 3.8) is 0 Å². The van der Waals surface area contributed by atoms with E-state index in [-0.39, 0.29) is 0 Å². The lowest BCUT2D eigenvalue weighted by molar-refractivity contribution is 0.218. The minimum absolute atomic E-state index is 0.538. The lowest BCUT2D eigenvalue weighted by Gasteiger charge is -2.23. The Morgan fingerprint density at radius 3 is 2.83 bits per heavy atom. The van der Waals surface area contributed by atoms with Gasteiger partial charge in [0.25, 0.3) is 0 Å². The van der Waals surface area contributed by atoms with E-state index in [9.17, 15) is 0 Å². The fourth-order valence-electron chi connectivity index (χ4n) is 3.49. The lowest BCUT2D eigenvalue weighted by atomic mass is 10.1. The van der Waals surface area contributed by atoms with Crippen molar-refractivity contribution in [1.29, 1.82) is 0 Å². The molecule has 0 N–H and O–H groups in total. The van der Waals surface area contributed by atoms with Crippen molar-refractivity contribution in [2.45, 2.75) is 44.2 Å². The molecule has 1 saturated carbocycles. The lowest BCUT2D eigenvalue weighted by Crippen LogP contribution is -2.34. The summed E-state index contributed by atoms with van der Waals surface area (Å²) in [4.78, 5) is 9.49. The maximum Gasteiger partial charge on any atom is 0.229 e. The third kappa shape index (κ3) is 3.84. The number of benzene rings is 1. The van der Waals surface area contributed by atoms with Crippen molar-refractivity contribution in [1.82, 2.24) is 19.9 Å². The Morgan fingerprint density at radius 1 is 1.21 bits per heavy atom. The van der Waals surface area contributed by atoms with Gasteiger partial charge in [-0.05, 0) is 44.8 Å². The van der Waals surface area contributed by atoms with Crippen LogP contribution in [0.25, 0.3) is 0 Å². The second-order valence-corrected chi connectivity index (χ2v) is 7.22. The molecule has 0 spiro atoms. The van der Waals surface area contributed by atoms with E-state index in [1.165, 1.54) is 31.4 Å². The van der Waals surface area contributed by atoms with Crippen LogP contribution in [-0.2, 0) is 13.0 Å². The Hall–Kier alpha value is -1.72. The van der Waals surface area contributed by atoms with E-state index in [1.54, 1.807) is 0 Å². The van der Waals surface area contributed by atoms with Gasteiger partial charge in [-0.25, -0.2) is 0 Å². The van der Waals surface area contributed by atoms with Gasteiger partial charge in [0, 0.05) is 25.0 Å². The fourth-order valence-corrected chi connectivity index (χ4v) is 3.49. The number of likely N-dealkylation sites (N-methyl/N-ethyl adjacent to an activating group) is 1. The molecular weight excluding hydrogens is 300 g/mol. The molecule has 1 atom stereocenters. The molecule has 24 heavy (non-hydrogen) atoms. The first-order valence-electron chi connectivity index (χ1n) is 9.07. The topological polar surface area (TPSA) is 45.4 Å². The van der Waals surface area contributed by atoms with Crippen LogP contribution in [0.5, 0.6) is 0 Å². The Kier molecular flexibility index (Phi) is 4.63. The van der Waals surface area contributed by atoms with Crippen LogP contribution in [0.2, 0.25) is 0 Å². The molecule has 2 aliphatic rings. The maximum absolute atomic E-state index is 5.36. The highest BCUT2D eigenvalue weighted by atomic mass is 16.5. The quantitative estimate of drug-likeness (QED) is 0.783. The number of aromatic nitrogens is 2. The van der Waals surface area contributed by atoms with Crippen LogP contribution in [-0.4, -0.2) is 52.7 Å². The number of hydrogen-bond donors (Lipinski definition) is 0. The molecule has 4 rings (SSSR count). The highest BCUT2D eigenvalue weighted by Crippen LogP contribution is 2.38. The van der Waals surface area contributed by atoms with Gasteiger partial charge >= 0.3 is 0 Å². The van der Waals surface area contributed by atoms with Gasteiger partial charge < -0.3 is 9.42 Å². The van der Waals surface area contributed by atoms with E-state index in [1.807, 2.05) is 0 Å². The summed E-state index contributed by atoms with van der Waals surface area (Å²) in [5.74, 6) is 2.22. The van der Waals surface area contributed by atoms with Crippen molar-refractivity contribution in [2.24, 2.45) is 0 Å². The van der Waals surface area contributed by atoms with Crippen LogP contribution in [0.15, 0.2) is 34.9 Å². The average Bonchev–Trinajstić information content (AvgIpc) is 3.17. The summed E-state index contributed by atoms with van der Waals surface area (Å²) in [5.41, 5.74) is 1.42. The fraction of sp³-hybridized carbons (Fsp3) is 0.579. The van der Waals surface area contributed by atoms with Gasteiger partial charge in [-0.15, -0.1) is 0 Å². The summed E-state index contributed by atoms with van der Waals surface area (Å²) in [6.45, 7) is 4.24. The van der Waals surface area contributed by atoms with Crippen LogP contribution in [0.4, 0.5) is 0 Å². The van der Waals surface area contributed by atoms with Crippen molar-refractivity contribution < 1.29 is 4.52 Å². The Labute approximate surface area is 143 Å². The van der Waals surface area contributed by atoms with E-state index in [0.717, 1.165) is 37.8 Å². The summed E-state index contributed by atoms with van der Waals surface area (Å²) in [6.07, 6.45) is 4.76. The van der Waals surface area contributed by atoms with Gasteiger partial charge in [-0.3, -0.25) is 4.90 Å². The van der Waals surface area contributed by atoms with E-state index in [0.29, 0.717) is 12.0 Å². The second kappa shape index (κ2) is 7.03. The zero-order chi connectivity index (χ0) is 16.4. The summed E-state index contributed by atoms with van der Waals surface area (Å²) >= 11 is 0. The van der Waals surface area contributed by atoms with Crippen LogP contribution >= 0.6 is 0 Å². The molecule has 0 amide bonds. The van der Waals surface area contributed by atoms with Crippen LogP contribution in [0, 0.1) is 0 Å². The minimum Gasteiger partial charge on any atom is -0.339 e.